The quantitative estimate of drug-likeness (QED) is 0.0169. The summed E-state index contributed by atoms with van der Waals surface area (Å²) in [5.74, 6) is -2.36. The molecule has 0 saturated carbocycles. The number of esters is 4. The second-order valence-electron chi connectivity index (χ2n) is 24.8. The van der Waals surface area contributed by atoms with Gasteiger partial charge in [0.2, 0.25) is 0 Å². The van der Waals surface area contributed by atoms with E-state index >= 15 is 0 Å². The number of aliphatic hydroxyl groups excluding tert-OH is 1. The molecular weight excluding hydrogens is 1350 g/mol. The normalized spacial score (nSPS) is 15.0. The number of hydrogen-bond donors (Lipinski definition) is 3. The van der Waals surface area contributed by atoms with Gasteiger partial charge in [0.15, 0.2) is 12.2 Å². The third kappa shape index (κ3) is 74.2. The van der Waals surface area contributed by atoms with Crippen LogP contribution >= 0.6 is 15.6 Å². The van der Waals surface area contributed by atoms with Crippen molar-refractivity contribution in [3.05, 3.63) is 194 Å². The van der Waals surface area contributed by atoms with Crippen molar-refractivity contribution in [3.63, 3.8) is 0 Å². The largest absolute Gasteiger partial charge is 0.472 e. The first kappa shape index (κ1) is 97.9. The molecule has 5 atom stereocenters. The summed E-state index contributed by atoms with van der Waals surface area (Å²) < 4.78 is 68.4. The number of aliphatic hydroxyl groups is 1. The molecule has 104 heavy (non-hydrogen) atoms. The summed E-state index contributed by atoms with van der Waals surface area (Å²) in [7, 11) is -10.0. The SMILES string of the molecule is CC/C=C\C/C=C\C/C=C\C/C=C\C/C=C\CCCC(=O)OCC(COP(=O)(O)OCC(O)COP(=O)(O)OCC(COC(=O)CCCCCC/C=C\C/C=C\C/C=C\C/C=C\CC)OC(=O)CCCC/C=C\C/C=C\C/C=C\C/C=C\CC)OC(=O)CCCCCCC/C=C\C/C=C\C/C=C\CC. The topological polar surface area (TPSA) is 237 Å². The molecule has 0 aliphatic heterocycles. The number of carbonyl (C=O) groups is 4. The van der Waals surface area contributed by atoms with Gasteiger partial charge in [-0.05, 0) is 173 Å². The Hall–Kier alpha value is -6.10. The Morgan fingerprint density at radius 2 is 0.481 bits per heavy atom. The zero-order valence-electron chi connectivity index (χ0n) is 63.9. The monoisotopic (exact) mass is 1490 g/mol. The fourth-order valence-electron chi connectivity index (χ4n) is 9.31. The van der Waals surface area contributed by atoms with Gasteiger partial charge in [0.25, 0.3) is 0 Å². The maximum absolute atomic E-state index is 13.1. The van der Waals surface area contributed by atoms with Gasteiger partial charge in [-0.15, -0.1) is 0 Å². The molecule has 0 aromatic heterocycles. The predicted octanol–water partition coefficient (Wildman–Crippen LogP) is 22.5. The zero-order valence-corrected chi connectivity index (χ0v) is 65.6. The fraction of sp³-hybridized carbons (Fsp3) is 0.576. The van der Waals surface area contributed by atoms with Gasteiger partial charge in [0.1, 0.15) is 19.3 Å². The van der Waals surface area contributed by atoms with Crippen LogP contribution < -0.4 is 0 Å². The lowest BCUT2D eigenvalue weighted by molar-refractivity contribution is -0.161. The van der Waals surface area contributed by atoms with E-state index in [1.165, 1.54) is 0 Å². The highest BCUT2D eigenvalue weighted by molar-refractivity contribution is 7.47. The van der Waals surface area contributed by atoms with E-state index in [1.807, 2.05) is 12.2 Å². The lowest BCUT2D eigenvalue weighted by Gasteiger charge is -2.21. The Balaban J connectivity index is 5.51. The highest BCUT2D eigenvalue weighted by atomic mass is 31.2. The number of unbranched alkanes of at least 4 members (excludes halogenated alkanes) is 12. The van der Waals surface area contributed by atoms with Crippen molar-refractivity contribution >= 4 is 39.5 Å². The van der Waals surface area contributed by atoms with E-state index in [0.29, 0.717) is 38.5 Å². The van der Waals surface area contributed by atoms with Crippen LogP contribution in [-0.4, -0.2) is 96.7 Å². The van der Waals surface area contributed by atoms with Crippen LogP contribution in [0.1, 0.15) is 259 Å². The second-order valence-corrected chi connectivity index (χ2v) is 27.7. The summed E-state index contributed by atoms with van der Waals surface area (Å²) in [5, 5.41) is 10.6. The minimum Gasteiger partial charge on any atom is -0.462 e. The van der Waals surface area contributed by atoms with Gasteiger partial charge >= 0.3 is 39.5 Å². The Morgan fingerprint density at radius 1 is 0.269 bits per heavy atom. The van der Waals surface area contributed by atoms with Crippen LogP contribution in [0.3, 0.4) is 0 Å². The molecule has 0 spiro atoms. The van der Waals surface area contributed by atoms with Crippen LogP contribution in [0.5, 0.6) is 0 Å². The van der Waals surface area contributed by atoms with Gasteiger partial charge in [-0.3, -0.25) is 37.3 Å². The van der Waals surface area contributed by atoms with Gasteiger partial charge in [-0.25, -0.2) is 9.13 Å². The average molecular weight is 1490 g/mol. The van der Waals surface area contributed by atoms with Crippen LogP contribution in [0.4, 0.5) is 0 Å². The first-order chi connectivity index (χ1) is 50.7. The van der Waals surface area contributed by atoms with E-state index in [9.17, 15) is 43.2 Å². The molecule has 0 bridgehead atoms. The highest BCUT2D eigenvalue weighted by Crippen LogP contribution is 2.45. The Labute approximate surface area is 627 Å². The minimum atomic E-state index is -5.01. The summed E-state index contributed by atoms with van der Waals surface area (Å²) in [6.45, 7) is 4.22. The second kappa shape index (κ2) is 75.1. The summed E-state index contributed by atoms with van der Waals surface area (Å²) in [5.41, 5.74) is 0. The summed E-state index contributed by atoms with van der Waals surface area (Å²) in [6, 6.07) is 0. The van der Waals surface area contributed by atoms with Gasteiger partial charge < -0.3 is 33.8 Å². The van der Waals surface area contributed by atoms with Crippen LogP contribution in [0.2, 0.25) is 0 Å². The molecule has 5 unspecified atom stereocenters. The average Bonchev–Trinajstić information content (AvgIpc) is 0.937. The number of rotatable bonds is 70. The van der Waals surface area contributed by atoms with E-state index in [4.69, 9.17) is 37.0 Å². The van der Waals surface area contributed by atoms with Crippen molar-refractivity contribution in [1.29, 1.82) is 0 Å². The van der Waals surface area contributed by atoms with Crippen LogP contribution in [-0.2, 0) is 65.4 Å². The maximum atomic E-state index is 13.1. The first-order valence-electron chi connectivity index (χ1n) is 38.7. The predicted molar refractivity (Wildman–Crippen MR) is 426 cm³/mol. The highest BCUT2D eigenvalue weighted by Gasteiger charge is 2.30. The molecule has 0 rings (SSSR count). The van der Waals surface area contributed by atoms with E-state index in [2.05, 4.69) is 210 Å². The molecule has 0 radical (unpaired) electrons. The van der Waals surface area contributed by atoms with Gasteiger partial charge in [-0.2, -0.15) is 0 Å². The number of ether oxygens (including phenoxy) is 4. The Bertz CT molecular complexity index is 2740. The minimum absolute atomic E-state index is 0.0273. The molecule has 0 aliphatic rings. The van der Waals surface area contributed by atoms with Gasteiger partial charge in [-0.1, -0.05) is 254 Å². The van der Waals surface area contributed by atoms with Gasteiger partial charge in [0.05, 0.1) is 26.4 Å². The Morgan fingerprint density at radius 3 is 0.779 bits per heavy atom. The maximum Gasteiger partial charge on any atom is 0.472 e. The van der Waals surface area contributed by atoms with Gasteiger partial charge in [0, 0.05) is 25.7 Å². The van der Waals surface area contributed by atoms with Crippen LogP contribution in [0, 0.1) is 0 Å². The summed E-state index contributed by atoms with van der Waals surface area (Å²) >= 11 is 0. The molecule has 0 amide bonds. The lowest BCUT2D eigenvalue weighted by Crippen LogP contribution is -2.30. The van der Waals surface area contributed by atoms with E-state index in [1.54, 1.807) is 0 Å². The number of carbonyl (C=O) groups excluding carboxylic acids is 4. The van der Waals surface area contributed by atoms with Crippen molar-refractivity contribution in [2.24, 2.45) is 0 Å². The van der Waals surface area contributed by atoms with Crippen molar-refractivity contribution < 1.29 is 80.2 Å². The third-order valence-electron chi connectivity index (χ3n) is 15.0. The molecule has 0 aromatic rings. The Kier molecular flexibility index (Phi) is 70.7. The summed E-state index contributed by atoms with van der Waals surface area (Å²) in [6.07, 6.45) is 91.4. The zero-order chi connectivity index (χ0) is 76.0. The smallest absolute Gasteiger partial charge is 0.462 e. The van der Waals surface area contributed by atoms with Crippen LogP contribution in [0.15, 0.2) is 194 Å². The number of allylic oxidation sites excluding steroid dienone is 32. The number of phosphoric ester groups is 2. The molecule has 0 fully saturated rings. The molecule has 19 heteroatoms. The number of phosphoric acid groups is 2. The van der Waals surface area contributed by atoms with E-state index in [0.717, 1.165) is 167 Å². The molecule has 3 N–H and O–H groups in total. The molecule has 0 heterocycles. The van der Waals surface area contributed by atoms with Crippen molar-refractivity contribution in [2.45, 2.75) is 277 Å². The van der Waals surface area contributed by atoms with Crippen molar-refractivity contribution in [1.82, 2.24) is 0 Å². The molecule has 17 nitrogen and oxygen atoms in total. The van der Waals surface area contributed by atoms with E-state index in [-0.39, 0.29) is 25.7 Å². The van der Waals surface area contributed by atoms with Crippen LogP contribution in [0.25, 0.3) is 0 Å². The number of hydrogen-bond acceptors (Lipinski definition) is 15. The standard InChI is InChI=1S/C85H134O17P2/c1-5-9-13-17-21-25-29-33-37-39-43-45-49-53-57-61-65-69-82(87)95-75-80(101-84(89)71-67-63-59-55-51-47-41-35-31-27-23-19-15-11-7-3)77-99-103(91,92)97-73-79(86)74-98-104(93,94)100-78-81(102-85(90)72-68-64-60-56-52-48-42-36-32-28-24-20-16-12-8-4)76-96-83(88)70-66-62-58-54-50-46-44-40-38-34-30-26-22-18-14-10-6-2/h9-16,21-28,33-38,41-46,51,54-55,58,79-81,86H,5-8,17-20,29-32,39-40,47-50,52-53,56-57,59-78H2,1-4H3,(H,91,92)(H,93,94)/b13-9-,14-10-,15-11-,16-12-,25-21-,26-22-,27-23-,28-24-,37-33-,38-34-,41-35-,42-36-,45-43-,46-44-,55-51-,58-54-. The van der Waals surface area contributed by atoms with Crippen molar-refractivity contribution in [2.75, 3.05) is 39.6 Å². The molecule has 586 valence electrons. The molecular formula is C85H134O17P2. The fourth-order valence-corrected chi connectivity index (χ4v) is 10.9. The third-order valence-corrected chi connectivity index (χ3v) is 16.9. The first-order valence-corrected chi connectivity index (χ1v) is 41.7. The summed E-state index contributed by atoms with van der Waals surface area (Å²) in [4.78, 5) is 73.0. The molecule has 0 aliphatic carbocycles. The van der Waals surface area contributed by atoms with Crippen molar-refractivity contribution in [3.8, 4) is 0 Å². The molecule has 0 saturated heterocycles. The van der Waals surface area contributed by atoms with E-state index < -0.39 is 97.5 Å². The molecule has 0 aromatic carbocycles. The lowest BCUT2D eigenvalue weighted by atomic mass is 10.1.